The highest BCUT2D eigenvalue weighted by molar-refractivity contribution is 7.98. The largest absolute Gasteiger partial charge is 0.462 e. The van der Waals surface area contributed by atoms with Crippen LogP contribution in [0.25, 0.3) is 0 Å². The molecule has 6 nitrogen and oxygen atoms in total. The Morgan fingerprint density at radius 1 is 0.962 bits per heavy atom. The first-order valence-electron chi connectivity index (χ1n) is 7.92. The van der Waals surface area contributed by atoms with E-state index in [-0.39, 0.29) is 12.2 Å². The van der Waals surface area contributed by atoms with Crippen molar-refractivity contribution in [2.75, 3.05) is 24.8 Å². The van der Waals surface area contributed by atoms with E-state index in [2.05, 4.69) is 5.32 Å². The summed E-state index contributed by atoms with van der Waals surface area (Å²) in [6.45, 7) is 1.47. The second-order valence-corrected chi connectivity index (χ2v) is 6.00. The lowest BCUT2D eigenvalue weighted by molar-refractivity contribution is -0.119. The fourth-order valence-electron chi connectivity index (χ4n) is 2.11. The number of amides is 1. The average Bonchev–Trinajstić information content (AvgIpc) is 2.66. The maximum Gasteiger partial charge on any atom is 0.340 e. The van der Waals surface area contributed by atoms with Crippen LogP contribution < -0.4 is 5.32 Å². The van der Waals surface area contributed by atoms with Crippen LogP contribution in [0, 0.1) is 0 Å². The Balaban J connectivity index is 1.94. The molecule has 0 aliphatic carbocycles. The predicted octanol–water partition coefficient (Wildman–Crippen LogP) is 3.38. The first kappa shape index (κ1) is 19.5. The number of carbonyl (C=O) groups excluding carboxylic acids is 3. The number of ether oxygens (including phenoxy) is 2. The van der Waals surface area contributed by atoms with Gasteiger partial charge in [-0.1, -0.05) is 12.1 Å². The third-order valence-corrected chi connectivity index (χ3v) is 4.10. The molecule has 0 saturated carbocycles. The molecule has 1 amide bonds. The second-order valence-electron chi connectivity index (χ2n) is 5.12. The Labute approximate surface area is 155 Å². The Bertz CT molecular complexity index is 789. The third kappa shape index (κ3) is 5.35. The van der Waals surface area contributed by atoms with Crippen molar-refractivity contribution in [2.45, 2.75) is 11.8 Å². The lowest BCUT2D eigenvalue weighted by Crippen LogP contribution is -2.22. The van der Waals surface area contributed by atoms with E-state index in [1.807, 2.05) is 6.26 Å². The van der Waals surface area contributed by atoms with Crippen molar-refractivity contribution in [3.63, 3.8) is 0 Å². The number of hydrogen-bond donors (Lipinski definition) is 1. The maximum atomic E-state index is 12.0. The number of anilines is 1. The van der Waals surface area contributed by atoms with Crippen LogP contribution in [0.5, 0.6) is 0 Å². The van der Waals surface area contributed by atoms with Crippen LogP contribution in [0.1, 0.15) is 27.6 Å². The minimum absolute atomic E-state index is 0.230. The van der Waals surface area contributed by atoms with E-state index in [1.54, 1.807) is 67.2 Å². The minimum Gasteiger partial charge on any atom is -0.462 e. The average molecular weight is 373 g/mol. The van der Waals surface area contributed by atoms with E-state index in [4.69, 9.17) is 9.47 Å². The molecule has 0 atom stereocenters. The Morgan fingerprint density at radius 3 is 2.31 bits per heavy atom. The summed E-state index contributed by atoms with van der Waals surface area (Å²) in [4.78, 5) is 36.9. The molecule has 2 aromatic rings. The van der Waals surface area contributed by atoms with Crippen molar-refractivity contribution in [1.29, 1.82) is 0 Å². The van der Waals surface area contributed by atoms with Gasteiger partial charge in [0, 0.05) is 4.90 Å². The Hall–Kier alpha value is -2.80. The van der Waals surface area contributed by atoms with Crippen molar-refractivity contribution in [3.8, 4) is 0 Å². The van der Waals surface area contributed by atoms with Gasteiger partial charge in [0.05, 0.1) is 23.4 Å². The molecule has 0 radical (unpaired) electrons. The first-order chi connectivity index (χ1) is 12.5. The Kier molecular flexibility index (Phi) is 7.23. The third-order valence-electron chi connectivity index (χ3n) is 3.36. The van der Waals surface area contributed by atoms with Crippen LogP contribution in [-0.2, 0) is 14.3 Å². The number of nitrogens with one attached hydrogen (secondary N) is 1. The number of carbonyl (C=O) groups is 3. The van der Waals surface area contributed by atoms with Gasteiger partial charge in [-0.2, -0.15) is 0 Å². The van der Waals surface area contributed by atoms with Gasteiger partial charge in [-0.3, -0.25) is 4.79 Å². The van der Waals surface area contributed by atoms with Crippen molar-refractivity contribution in [3.05, 3.63) is 59.7 Å². The number of rotatable bonds is 7. The summed E-state index contributed by atoms with van der Waals surface area (Å²) in [5, 5.41) is 2.55. The van der Waals surface area contributed by atoms with Gasteiger partial charge in [0.2, 0.25) is 0 Å². The molecule has 0 saturated heterocycles. The molecular formula is C19H19NO5S. The molecule has 0 fully saturated rings. The van der Waals surface area contributed by atoms with E-state index in [0.29, 0.717) is 11.3 Å². The molecule has 0 aliphatic heterocycles. The number of para-hydroxylation sites is 1. The van der Waals surface area contributed by atoms with Crippen LogP contribution >= 0.6 is 11.8 Å². The molecule has 26 heavy (non-hydrogen) atoms. The van der Waals surface area contributed by atoms with Crippen molar-refractivity contribution < 1.29 is 23.9 Å². The van der Waals surface area contributed by atoms with Crippen LogP contribution in [0.4, 0.5) is 5.69 Å². The molecule has 0 unspecified atom stereocenters. The topological polar surface area (TPSA) is 81.7 Å². The van der Waals surface area contributed by atoms with E-state index in [9.17, 15) is 14.4 Å². The highest BCUT2D eigenvalue weighted by Crippen LogP contribution is 2.17. The molecule has 0 heterocycles. The van der Waals surface area contributed by atoms with Crippen LogP contribution in [-0.4, -0.2) is 37.3 Å². The maximum absolute atomic E-state index is 12.0. The number of benzene rings is 2. The zero-order valence-electron chi connectivity index (χ0n) is 14.5. The van der Waals surface area contributed by atoms with E-state index >= 15 is 0 Å². The van der Waals surface area contributed by atoms with Crippen molar-refractivity contribution in [2.24, 2.45) is 0 Å². The number of esters is 2. The first-order valence-corrected chi connectivity index (χ1v) is 9.14. The molecule has 2 aromatic carbocycles. The summed E-state index contributed by atoms with van der Waals surface area (Å²) in [6, 6.07) is 13.4. The molecule has 136 valence electrons. The second kappa shape index (κ2) is 9.62. The van der Waals surface area contributed by atoms with E-state index < -0.39 is 24.5 Å². The Morgan fingerprint density at radius 2 is 1.65 bits per heavy atom. The van der Waals surface area contributed by atoms with Gasteiger partial charge in [-0.15, -0.1) is 11.8 Å². The highest BCUT2D eigenvalue weighted by Gasteiger charge is 2.15. The monoisotopic (exact) mass is 373 g/mol. The standard InChI is InChI=1S/C19H19NO5S/c1-3-24-19(23)15-6-4-5-7-16(15)20-17(21)12-25-18(22)13-8-10-14(26-2)11-9-13/h4-11H,3,12H2,1-2H3,(H,20,21). The summed E-state index contributed by atoms with van der Waals surface area (Å²) in [6.07, 6.45) is 1.94. The van der Waals surface area contributed by atoms with Crippen LogP contribution in [0.3, 0.4) is 0 Å². The fourth-order valence-corrected chi connectivity index (χ4v) is 2.52. The van der Waals surface area contributed by atoms with Crippen molar-refractivity contribution >= 4 is 35.3 Å². The normalized spacial score (nSPS) is 10.1. The molecule has 0 aromatic heterocycles. The molecule has 1 N–H and O–H groups in total. The molecular weight excluding hydrogens is 354 g/mol. The molecule has 2 rings (SSSR count). The van der Waals surface area contributed by atoms with Gasteiger partial charge in [0.15, 0.2) is 6.61 Å². The van der Waals surface area contributed by atoms with Gasteiger partial charge in [-0.05, 0) is 49.6 Å². The van der Waals surface area contributed by atoms with Crippen LogP contribution in [0.2, 0.25) is 0 Å². The summed E-state index contributed by atoms with van der Waals surface area (Å²) in [5.74, 6) is -1.67. The number of hydrogen-bond acceptors (Lipinski definition) is 6. The molecule has 0 spiro atoms. The smallest absolute Gasteiger partial charge is 0.340 e. The van der Waals surface area contributed by atoms with Gasteiger partial charge < -0.3 is 14.8 Å². The minimum atomic E-state index is -0.591. The number of thioether (sulfide) groups is 1. The summed E-state index contributed by atoms with van der Waals surface area (Å²) < 4.78 is 9.96. The summed E-state index contributed by atoms with van der Waals surface area (Å²) in [5.41, 5.74) is 0.903. The van der Waals surface area contributed by atoms with Crippen molar-refractivity contribution in [1.82, 2.24) is 0 Å². The van der Waals surface area contributed by atoms with Gasteiger partial charge in [0.25, 0.3) is 5.91 Å². The lowest BCUT2D eigenvalue weighted by Gasteiger charge is -2.10. The summed E-state index contributed by atoms with van der Waals surface area (Å²) in [7, 11) is 0. The van der Waals surface area contributed by atoms with E-state index in [0.717, 1.165) is 4.90 Å². The van der Waals surface area contributed by atoms with Gasteiger partial charge >= 0.3 is 11.9 Å². The van der Waals surface area contributed by atoms with Gasteiger partial charge in [0.1, 0.15) is 0 Å². The SMILES string of the molecule is CCOC(=O)c1ccccc1NC(=O)COC(=O)c1ccc(SC)cc1. The lowest BCUT2D eigenvalue weighted by atomic mass is 10.2. The quantitative estimate of drug-likeness (QED) is 0.592. The zero-order valence-corrected chi connectivity index (χ0v) is 15.3. The summed E-state index contributed by atoms with van der Waals surface area (Å²) >= 11 is 1.56. The van der Waals surface area contributed by atoms with Crippen LogP contribution in [0.15, 0.2) is 53.4 Å². The predicted molar refractivity (Wildman–Crippen MR) is 99.5 cm³/mol. The molecule has 0 bridgehead atoms. The van der Waals surface area contributed by atoms with E-state index in [1.165, 1.54) is 0 Å². The molecule has 0 aliphatic rings. The fraction of sp³-hybridized carbons (Fsp3) is 0.211. The highest BCUT2D eigenvalue weighted by atomic mass is 32.2. The molecule has 7 heteroatoms. The van der Waals surface area contributed by atoms with Gasteiger partial charge in [-0.25, -0.2) is 9.59 Å². The zero-order chi connectivity index (χ0) is 18.9.